The quantitative estimate of drug-likeness (QED) is 0.687. The maximum Gasteiger partial charge on any atom is 0.303 e. The molecule has 0 atom stereocenters. The van der Waals surface area contributed by atoms with Gasteiger partial charge in [0.1, 0.15) is 5.75 Å². The van der Waals surface area contributed by atoms with Gasteiger partial charge in [0, 0.05) is 12.3 Å². The molecule has 0 radical (unpaired) electrons. The van der Waals surface area contributed by atoms with Gasteiger partial charge in [-0.25, -0.2) is 0 Å². The highest BCUT2D eigenvalue weighted by Crippen LogP contribution is 2.33. The number of hydrogen-bond donors (Lipinski definition) is 2. The van der Waals surface area contributed by atoms with Crippen LogP contribution >= 0.6 is 0 Å². The van der Waals surface area contributed by atoms with Crippen molar-refractivity contribution in [1.82, 2.24) is 0 Å². The fraction of sp³-hybridized carbons (Fsp3) is 0.529. The average Bonchev–Trinajstić information content (AvgIpc) is 3.31. The molecule has 1 fully saturated rings. The lowest BCUT2D eigenvalue weighted by atomic mass is 10.1. The summed E-state index contributed by atoms with van der Waals surface area (Å²) in [6.45, 7) is 2.45. The van der Waals surface area contributed by atoms with E-state index in [0.29, 0.717) is 24.5 Å². The van der Waals surface area contributed by atoms with E-state index in [9.17, 15) is 9.59 Å². The van der Waals surface area contributed by atoms with Gasteiger partial charge < -0.3 is 15.2 Å². The van der Waals surface area contributed by atoms with Gasteiger partial charge in [0.15, 0.2) is 0 Å². The van der Waals surface area contributed by atoms with Crippen LogP contribution in [0.25, 0.3) is 0 Å². The zero-order chi connectivity index (χ0) is 15.9. The van der Waals surface area contributed by atoms with E-state index < -0.39 is 5.97 Å². The standard InChI is InChI=1S/C17H23NO4/c1-2-22-15-11-12(5-3-4-6-16(19)20)7-10-14(15)18-17(21)13-8-9-13/h7,10-11,13H,2-6,8-9H2,1H3,(H,18,21)(H,19,20). The Morgan fingerprint density at radius 2 is 2.09 bits per heavy atom. The first kappa shape index (κ1) is 16.3. The summed E-state index contributed by atoms with van der Waals surface area (Å²) in [5.41, 5.74) is 1.81. The molecule has 1 aromatic carbocycles. The predicted molar refractivity (Wildman–Crippen MR) is 84.2 cm³/mol. The van der Waals surface area contributed by atoms with Crippen molar-refractivity contribution in [1.29, 1.82) is 0 Å². The number of amides is 1. The van der Waals surface area contributed by atoms with E-state index in [2.05, 4.69) is 5.32 Å². The van der Waals surface area contributed by atoms with Gasteiger partial charge in [0.05, 0.1) is 12.3 Å². The molecule has 1 aliphatic rings. The fourth-order valence-electron chi connectivity index (χ4n) is 2.29. The van der Waals surface area contributed by atoms with Gasteiger partial charge in [-0.05, 0) is 56.7 Å². The van der Waals surface area contributed by atoms with Crippen molar-refractivity contribution < 1.29 is 19.4 Å². The van der Waals surface area contributed by atoms with E-state index in [1.54, 1.807) is 0 Å². The molecule has 0 saturated heterocycles. The SMILES string of the molecule is CCOc1cc(CCCCC(=O)O)ccc1NC(=O)C1CC1. The molecule has 0 bridgehead atoms. The van der Waals surface area contributed by atoms with E-state index in [4.69, 9.17) is 9.84 Å². The Morgan fingerprint density at radius 3 is 2.73 bits per heavy atom. The van der Waals surface area contributed by atoms with Gasteiger partial charge in [-0.1, -0.05) is 6.07 Å². The van der Waals surface area contributed by atoms with Gasteiger partial charge in [-0.2, -0.15) is 0 Å². The minimum Gasteiger partial charge on any atom is -0.492 e. The third-order valence-corrected chi connectivity index (χ3v) is 3.66. The van der Waals surface area contributed by atoms with Crippen LogP contribution in [0.4, 0.5) is 5.69 Å². The number of anilines is 1. The molecule has 0 aliphatic heterocycles. The summed E-state index contributed by atoms with van der Waals surface area (Å²) in [5, 5.41) is 11.6. The van der Waals surface area contributed by atoms with Crippen LogP contribution in [0.2, 0.25) is 0 Å². The zero-order valence-electron chi connectivity index (χ0n) is 12.9. The lowest BCUT2D eigenvalue weighted by Crippen LogP contribution is -2.14. The molecule has 2 N–H and O–H groups in total. The number of carbonyl (C=O) groups excluding carboxylic acids is 1. The van der Waals surface area contributed by atoms with Crippen LogP contribution in [0.15, 0.2) is 18.2 Å². The van der Waals surface area contributed by atoms with Gasteiger partial charge in [0.25, 0.3) is 0 Å². The summed E-state index contributed by atoms with van der Waals surface area (Å²) in [7, 11) is 0. The molecule has 5 nitrogen and oxygen atoms in total. The molecule has 0 aromatic heterocycles. The van der Waals surface area contributed by atoms with Crippen LogP contribution in [-0.2, 0) is 16.0 Å². The predicted octanol–water partition coefficient (Wildman–Crippen LogP) is 3.23. The number of nitrogens with one attached hydrogen (secondary N) is 1. The van der Waals surface area contributed by atoms with Crippen LogP contribution < -0.4 is 10.1 Å². The van der Waals surface area contributed by atoms with Crippen molar-refractivity contribution in [3.63, 3.8) is 0 Å². The molecular weight excluding hydrogens is 282 g/mol. The molecule has 120 valence electrons. The topological polar surface area (TPSA) is 75.6 Å². The highest BCUT2D eigenvalue weighted by atomic mass is 16.5. The van der Waals surface area contributed by atoms with E-state index in [0.717, 1.165) is 31.2 Å². The number of benzene rings is 1. The first-order valence-electron chi connectivity index (χ1n) is 7.88. The highest BCUT2D eigenvalue weighted by Gasteiger charge is 2.30. The Kier molecular flexibility index (Phi) is 5.81. The molecule has 2 rings (SSSR count). The smallest absolute Gasteiger partial charge is 0.303 e. The van der Waals surface area contributed by atoms with Crippen molar-refractivity contribution in [2.45, 2.75) is 45.4 Å². The Hall–Kier alpha value is -2.04. The number of aryl methyl sites for hydroxylation is 1. The van der Waals surface area contributed by atoms with Crippen LogP contribution in [0, 0.1) is 5.92 Å². The summed E-state index contributed by atoms with van der Waals surface area (Å²) in [4.78, 5) is 22.4. The molecular formula is C17H23NO4. The van der Waals surface area contributed by atoms with Crippen LogP contribution in [0.3, 0.4) is 0 Å². The number of aliphatic carboxylic acids is 1. The van der Waals surface area contributed by atoms with E-state index in [-0.39, 0.29) is 18.2 Å². The summed E-state index contributed by atoms with van der Waals surface area (Å²) >= 11 is 0. The van der Waals surface area contributed by atoms with Gasteiger partial charge >= 0.3 is 5.97 Å². The van der Waals surface area contributed by atoms with Crippen molar-refractivity contribution in [2.24, 2.45) is 5.92 Å². The number of rotatable bonds is 9. The van der Waals surface area contributed by atoms with Crippen LogP contribution in [0.5, 0.6) is 5.75 Å². The zero-order valence-corrected chi connectivity index (χ0v) is 12.9. The van der Waals surface area contributed by atoms with Gasteiger partial charge in [-0.3, -0.25) is 9.59 Å². The molecule has 0 heterocycles. The summed E-state index contributed by atoms with van der Waals surface area (Å²) < 4.78 is 5.61. The number of unbranched alkanes of at least 4 members (excludes halogenated alkanes) is 1. The molecule has 1 aliphatic carbocycles. The third-order valence-electron chi connectivity index (χ3n) is 3.66. The van der Waals surface area contributed by atoms with Crippen molar-refractivity contribution in [3.05, 3.63) is 23.8 Å². The van der Waals surface area contributed by atoms with Crippen LogP contribution in [-0.4, -0.2) is 23.6 Å². The highest BCUT2D eigenvalue weighted by molar-refractivity contribution is 5.95. The molecule has 0 unspecified atom stereocenters. The van der Waals surface area contributed by atoms with Gasteiger partial charge in [0.2, 0.25) is 5.91 Å². The van der Waals surface area contributed by atoms with Gasteiger partial charge in [-0.15, -0.1) is 0 Å². The Labute approximate surface area is 130 Å². The lowest BCUT2D eigenvalue weighted by Gasteiger charge is -2.13. The number of hydrogen-bond acceptors (Lipinski definition) is 3. The fourth-order valence-corrected chi connectivity index (χ4v) is 2.29. The first-order valence-corrected chi connectivity index (χ1v) is 7.88. The average molecular weight is 305 g/mol. The van der Waals surface area contributed by atoms with E-state index in [1.165, 1.54) is 0 Å². The van der Waals surface area contributed by atoms with E-state index in [1.807, 2.05) is 25.1 Å². The van der Waals surface area contributed by atoms with E-state index >= 15 is 0 Å². The Bertz CT molecular complexity index is 537. The normalized spacial score (nSPS) is 13.7. The van der Waals surface area contributed by atoms with Crippen LogP contribution in [0.1, 0.15) is 44.6 Å². The number of ether oxygens (including phenoxy) is 1. The maximum absolute atomic E-state index is 11.9. The number of carboxylic acid groups (broad SMARTS) is 1. The first-order chi connectivity index (χ1) is 10.6. The second-order valence-electron chi connectivity index (χ2n) is 5.63. The minimum absolute atomic E-state index is 0.0650. The molecule has 5 heteroatoms. The minimum atomic E-state index is -0.756. The second-order valence-corrected chi connectivity index (χ2v) is 5.63. The van der Waals surface area contributed by atoms with Crippen molar-refractivity contribution in [3.8, 4) is 5.75 Å². The second kappa shape index (κ2) is 7.82. The molecule has 1 aromatic rings. The maximum atomic E-state index is 11.9. The Balaban J connectivity index is 1.95. The largest absolute Gasteiger partial charge is 0.492 e. The monoisotopic (exact) mass is 305 g/mol. The molecule has 22 heavy (non-hydrogen) atoms. The number of carbonyl (C=O) groups is 2. The van der Waals surface area contributed by atoms with Crippen molar-refractivity contribution in [2.75, 3.05) is 11.9 Å². The molecule has 1 amide bonds. The molecule has 0 spiro atoms. The van der Waals surface area contributed by atoms with Crippen molar-refractivity contribution >= 4 is 17.6 Å². The molecule has 1 saturated carbocycles. The third kappa shape index (κ3) is 5.06. The lowest BCUT2D eigenvalue weighted by molar-refractivity contribution is -0.137. The Morgan fingerprint density at radius 1 is 1.32 bits per heavy atom. The summed E-state index contributed by atoms with van der Waals surface area (Å²) in [6.07, 6.45) is 4.44. The summed E-state index contributed by atoms with van der Waals surface area (Å²) in [6, 6.07) is 5.77. The summed E-state index contributed by atoms with van der Waals surface area (Å²) in [5.74, 6) is 0.153. The number of carboxylic acids is 1.